The Kier molecular flexibility index (Phi) is 7.04. The fourth-order valence-corrected chi connectivity index (χ4v) is 3.65. The van der Waals surface area contributed by atoms with Crippen LogP contribution in [0.1, 0.15) is 24.4 Å². The molecule has 166 valence electrons. The van der Waals surface area contributed by atoms with Crippen molar-refractivity contribution >= 4 is 11.0 Å². The highest BCUT2D eigenvalue weighted by Gasteiger charge is 2.20. The van der Waals surface area contributed by atoms with Gasteiger partial charge in [0.25, 0.3) is 0 Å². The maximum absolute atomic E-state index is 10.7. The largest absolute Gasteiger partial charge is 0.497 e. The summed E-state index contributed by atoms with van der Waals surface area (Å²) >= 11 is 0. The van der Waals surface area contributed by atoms with Gasteiger partial charge < -0.3 is 23.9 Å². The maximum Gasteiger partial charge on any atom is 0.153 e. The average molecular weight is 433 g/mol. The van der Waals surface area contributed by atoms with Crippen molar-refractivity contribution in [1.29, 1.82) is 0 Å². The Morgan fingerprint density at radius 1 is 0.906 bits per heavy atom. The molecular formula is C26H28N2O4. The molecule has 1 heterocycles. The molecule has 1 N–H and O–H groups in total. The van der Waals surface area contributed by atoms with Gasteiger partial charge in [-0.3, -0.25) is 0 Å². The number of imidazole rings is 1. The summed E-state index contributed by atoms with van der Waals surface area (Å²) in [5.41, 5.74) is 2.86. The number of hydrogen-bond donors (Lipinski definition) is 1. The normalized spacial score (nSPS) is 13.1. The van der Waals surface area contributed by atoms with E-state index in [2.05, 4.69) is 0 Å². The number of para-hydroxylation sites is 3. The number of methoxy groups -OCH3 is 1. The third kappa shape index (κ3) is 5.28. The second kappa shape index (κ2) is 10.3. The predicted molar refractivity (Wildman–Crippen MR) is 124 cm³/mol. The Labute approximate surface area is 188 Å². The van der Waals surface area contributed by atoms with Gasteiger partial charge in [-0.05, 0) is 48.9 Å². The minimum absolute atomic E-state index is 0.214. The van der Waals surface area contributed by atoms with Crippen LogP contribution < -0.4 is 9.47 Å². The molecule has 0 fully saturated rings. The van der Waals surface area contributed by atoms with E-state index in [0.717, 1.165) is 33.9 Å². The van der Waals surface area contributed by atoms with Crippen LogP contribution in [0, 0.1) is 0 Å². The Hall–Kier alpha value is -3.35. The van der Waals surface area contributed by atoms with Crippen LogP contribution in [-0.4, -0.2) is 34.5 Å². The van der Waals surface area contributed by atoms with Gasteiger partial charge in [0, 0.05) is 0 Å². The van der Waals surface area contributed by atoms with Crippen molar-refractivity contribution in [2.75, 3.05) is 13.7 Å². The molecule has 0 bridgehead atoms. The van der Waals surface area contributed by atoms with Crippen LogP contribution in [-0.2, 0) is 17.9 Å². The van der Waals surface area contributed by atoms with Gasteiger partial charge in [-0.1, -0.05) is 42.5 Å². The molecule has 32 heavy (non-hydrogen) atoms. The summed E-state index contributed by atoms with van der Waals surface area (Å²) in [6.45, 7) is 2.97. The van der Waals surface area contributed by atoms with Gasteiger partial charge in [-0.25, -0.2) is 4.98 Å². The predicted octanol–water partition coefficient (Wildman–Crippen LogP) is 4.76. The second-order valence-corrected chi connectivity index (χ2v) is 7.66. The zero-order valence-electron chi connectivity index (χ0n) is 18.3. The van der Waals surface area contributed by atoms with Crippen molar-refractivity contribution in [3.8, 4) is 11.5 Å². The number of aliphatic hydroxyl groups is 1. The van der Waals surface area contributed by atoms with Crippen molar-refractivity contribution in [2.24, 2.45) is 0 Å². The molecule has 3 aromatic carbocycles. The van der Waals surface area contributed by atoms with Crippen LogP contribution in [0.3, 0.4) is 0 Å². The fraction of sp³-hybridized carbons (Fsp3) is 0.269. The first-order valence-corrected chi connectivity index (χ1v) is 10.7. The van der Waals surface area contributed by atoms with Gasteiger partial charge in [0.2, 0.25) is 0 Å². The molecule has 0 saturated heterocycles. The zero-order valence-corrected chi connectivity index (χ0v) is 18.3. The second-order valence-electron chi connectivity index (χ2n) is 7.66. The first-order valence-electron chi connectivity index (χ1n) is 10.7. The minimum atomic E-state index is -0.687. The highest BCUT2D eigenvalue weighted by Crippen LogP contribution is 2.25. The number of fused-ring (bicyclic) bond motifs is 1. The summed E-state index contributed by atoms with van der Waals surface area (Å²) in [7, 11) is 1.64. The smallest absolute Gasteiger partial charge is 0.153 e. The third-order valence-corrected chi connectivity index (χ3v) is 5.24. The Morgan fingerprint density at radius 3 is 2.38 bits per heavy atom. The summed E-state index contributed by atoms with van der Waals surface area (Å²) in [5, 5.41) is 10.7. The topological polar surface area (TPSA) is 65.7 Å². The molecule has 4 aromatic rings. The molecule has 6 heteroatoms. The van der Waals surface area contributed by atoms with E-state index in [1.165, 1.54) is 0 Å². The maximum atomic E-state index is 10.7. The molecule has 0 radical (unpaired) electrons. The van der Waals surface area contributed by atoms with Gasteiger partial charge in [-0.2, -0.15) is 0 Å². The molecule has 4 rings (SSSR count). The van der Waals surface area contributed by atoms with Crippen molar-refractivity contribution in [3.63, 3.8) is 0 Å². The summed E-state index contributed by atoms with van der Waals surface area (Å²) in [6, 6.07) is 25.3. The highest BCUT2D eigenvalue weighted by atomic mass is 16.5. The molecule has 1 aromatic heterocycles. The van der Waals surface area contributed by atoms with E-state index in [0.29, 0.717) is 13.2 Å². The fourth-order valence-electron chi connectivity index (χ4n) is 3.65. The van der Waals surface area contributed by atoms with Gasteiger partial charge in [0.15, 0.2) is 11.9 Å². The van der Waals surface area contributed by atoms with Crippen molar-refractivity contribution in [3.05, 3.63) is 90.3 Å². The first kappa shape index (κ1) is 21.9. The first-order chi connectivity index (χ1) is 15.6. The standard InChI is InChI=1S/C26H28N2O4/c1-19(32-23-8-4-3-5-9-23)26-27-24-10-6-7-11-25(24)28(26)16-21(29)18-31-17-20-12-14-22(30-2)15-13-20/h3-15,19,21,29H,16-18H2,1-2H3/t19-,21+/m1/s1. The van der Waals surface area contributed by atoms with Crippen LogP contribution in [0.25, 0.3) is 11.0 Å². The molecule has 0 spiro atoms. The Bertz CT molecular complexity index is 1130. The Morgan fingerprint density at radius 2 is 1.62 bits per heavy atom. The van der Waals surface area contributed by atoms with E-state index in [1.807, 2.05) is 90.4 Å². The molecule has 0 unspecified atom stereocenters. The van der Waals surface area contributed by atoms with E-state index >= 15 is 0 Å². The van der Waals surface area contributed by atoms with Crippen molar-refractivity contribution in [2.45, 2.75) is 32.3 Å². The van der Waals surface area contributed by atoms with Gasteiger partial charge in [-0.15, -0.1) is 0 Å². The summed E-state index contributed by atoms with van der Waals surface area (Å²) in [6.07, 6.45) is -0.967. The van der Waals surface area contributed by atoms with Crippen LogP contribution in [0.5, 0.6) is 11.5 Å². The summed E-state index contributed by atoms with van der Waals surface area (Å²) in [4.78, 5) is 4.78. The number of aliphatic hydroxyl groups excluding tert-OH is 1. The Balaban J connectivity index is 1.44. The number of aromatic nitrogens is 2. The van der Waals surface area contributed by atoms with Crippen LogP contribution in [0.15, 0.2) is 78.9 Å². The number of rotatable bonds is 10. The SMILES string of the molecule is COc1ccc(COC[C@@H](O)Cn2c([C@@H](C)Oc3ccccc3)nc3ccccc32)cc1. The third-order valence-electron chi connectivity index (χ3n) is 5.24. The van der Waals surface area contributed by atoms with E-state index in [9.17, 15) is 5.11 Å². The quantitative estimate of drug-likeness (QED) is 0.391. The molecule has 0 aliphatic rings. The molecule has 0 aliphatic carbocycles. The lowest BCUT2D eigenvalue weighted by molar-refractivity contribution is 0.0198. The number of benzene rings is 3. The highest BCUT2D eigenvalue weighted by molar-refractivity contribution is 5.76. The average Bonchev–Trinajstić information content (AvgIpc) is 3.19. The van der Waals surface area contributed by atoms with E-state index < -0.39 is 6.10 Å². The van der Waals surface area contributed by atoms with Gasteiger partial charge >= 0.3 is 0 Å². The minimum Gasteiger partial charge on any atom is -0.497 e. The lowest BCUT2D eigenvalue weighted by atomic mass is 10.2. The monoisotopic (exact) mass is 432 g/mol. The molecule has 6 nitrogen and oxygen atoms in total. The number of hydrogen-bond acceptors (Lipinski definition) is 5. The molecular weight excluding hydrogens is 404 g/mol. The van der Waals surface area contributed by atoms with Crippen LogP contribution in [0.2, 0.25) is 0 Å². The molecule has 0 saturated carbocycles. The van der Waals surface area contributed by atoms with Crippen molar-refractivity contribution < 1.29 is 19.3 Å². The van der Waals surface area contributed by atoms with Gasteiger partial charge in [0.05, 0.1) is 44.0 Å². The van der Waals surface area contributed by atoms with Crippen molar-refractivity contribution in [1.82, 2.24) is 9.55 Å². The zero-order chi connectivity index (χ0) is 22.3. The molecule has 2 atom stereocenters. The van der Waals surface area contributed by atoms with Crippen LogP contribution >= 0.6 is 0 Å². The molecule has 0 amide bonds. The van der Waals surface area contributed by atoms with Crippen LogP contribution in [0.4, 0.5) is 0 Å². The van der Waals surface area contributed by atoms with E-state index in [1.54, 1.807) is 7.11 Å². The van der Waals surface area contributed by atoms with E-state index in [4.69, 9.17) is 19.2 Å². The summed E-state index contributed by atoms with van der Waals surface area (Å²) < 4.78 is 19.1. The lowest BCUT2D eigenvalue weighted by Gasteiger charge is -2.19. The molecule has 0 aliphatic heterocycles. The van der Waals surface area contributed by atoms with E-state index in [-0.39, 0.29) is 12.7 Å². The summed E-state index contributed by atoms with van der Waals surface area (Å²) in [5.74, 6) is 2.35. The van der Waals surface area contributed by atoms with Gasteiger partial charge in [0.1, 0.15) is 11.5 Å². The number of ether oxygens (including phenoxy) is 3. The number of nitrogens with zero attached hydrogens (tertiary/aromatic N) is 2. The lowest BCUT2D eigenvalue weighted by Crippen LogP contribution is -2.24.